The monoisotopic (exact) mass is 218 g/mol. The van der Waals surface area contributed by atoms with E-state index in [0.29, 0.717) is 6.42 Å². The molecule has 0 spiro atoms. The van der Waals surface area contributed by atoms with E-state index in [1.165, 1.54) is 0 Å². The normalized spacial score (nSPS) is 10.9. The van der Waals surface area contributed by atoms with E-state index in [4.69, 9.17) is 5.11 Å². The summed E-state index contributed by atoms with van der Waals surface area (Å²) in [5.74, 6) is -0.775. The molecule has 4 heteroatoms. The number of pyridine rings is 1. The summed E-state index contributed by atoms with van der Waals surface area (Å²) in [7, 11) is 0. The van der Waals surface area contributed by atoms with Crippen molar-refractivity contribution in [2.75, 3.05) is 0 Å². The molecular weight excluding hydrogens is 204 g/mol. The van der Waals surface area contributed by atoms with Crippen molar-refractivity contribution in [2.24, 2.45) is 0 Å². The Morgan fingerprint density at radius 3 is 2.88 bits per heavy atom. The van der Waals surface area contributed by atoms with Gasteiger partial charge in [0, 0.05) is 17.8 Å². The lowest BCUT2D eigenvalue weighted by Gasteiger charge is -2.04. The number of carbonyl (C=O) groups is 1. The van der Waals surface area contributed by atoms with E-state index in [0.717, 1.165) is 22.7 Å². The lowest BCUT2D eigenvalue weighted by molar-refractivity contribution is -0.136. The summed E-state index contributed by atoms with van der Waals surface area (Å²) >= 11 is 0. The third kappa shape index (κ3) is 1.78. The molecule has 0 aliphatic carbocycles. The zero-order valence-electron chi connectivity index (χ0n) is 9.40. The Labute approximate surface area is 93.5 Å². The Kier molecular flexibility index (Phi) is 2.64. The van der Waals surface area contributed by atoms with Gasteiger partial charge in [-0.2, -0.15) is 0 Å². The van der Waals surface area contributed by atoms with Gasteiger partial charge in [0.2, 0.25) is 0 Å². The number of carboxylic acid groups (broad SMARTS) is 1. The molecule has 0 radical (unpaired) electrons. The van der Waals surface area contributed by atoms with Crippen molar-refractivity contribution in [1.82, 2.24) is 9.38 Å². The fourth-order valence-electron chi connectivity index (χ4n) is 1.96. The van der Waals surface area contributed by atoms with Gasteiger partial charge in [0.1, 0.15) is 5.65 Å². The zero-order valence-corrected chi connectivity index (χ0v) is 9.40. The maximum absolute atomic E-state index is 10.6. The maximum atomic E-state index is 10.6. The molecule has 0 saturated carbocycles. The minimum Gasteiger partial charge on any atom is -0.481 e. The van der Waals surface area contributed by atoms with E-state index in [1.807, 2.05) is 36.4 Å². The minimum absolute atomic E-state index is 0.142. The van der Waals surface area contributed by atoms with Crippen LogP contribution in [0.25, 0.3) is 5.65 Å². The average Bonchev–Trinajstić information content (AvgIpc) is 2.52. The highest BCUT2D eigenvalue weighted by molar-refractivity contribution is 5.67. The van der Waals surface area contributed by atoms with Gasteiger partial charge in [0.25, 0.3) is 0 Å². The Morgan fingerprint density at radius 1 is 1.44 bits per heavy atom. The molecule has 16 heavy (non-hydrogen) atoms. The first-order valence-electron chi connectivity index (χ1n) is 5.25. The van der Waals surface area contributed by atoms with Crippen LogP contribution in [0.3, 0.4) is 0 Å². The lowest BCUT2D eigenvalue weighted by atomic mass is 10.2. The number of aryl methyl sites for hydroxylation is 3. The van der Waals surface area contributed by atoms with Crippen LogP contribution in [0.4, 0.5) is 0 Å². The molecule has 2 heterocycles. The van der Waals surface area contributed by atoms with E-state index < -0.39 is 5.97 Å². The molecule has 0 aliphatic rings. The summed E-state index contributed by atoms with van der Waals surface area (Å²) < 4.78 is 2.03. The molecule has 0 bridgehead atoms. The van der Waals surface area contributed by atoms with Crippen LogP contribution >= 0.6 is 0 Å². The van der Waals surface area contributed by atoms with Crippen LogP contribution in [0.1, 0.15) is 23.5 Å². The number of nitrogens with zero attached hydrogens (tertiary/aromatic N) is 2. The van der Waals surface area contributed by atoms with Crippen molar-refractivity contribution in [3.8, 4) is 0 Å². The van der Waals surface area contributed by atoms with Gasteiger partial charge in [-0.05, 0) is 26.0 Å². The lowest BCUT2D eigenvalue weighted by Crippen LogP contribution is -2.03. The number of rotatable bonds is 3. The second kappa shape index (κ2) is 3.96. The predicted octanol–water partition coefficient (Wildman–Crippen LogP) is 1.97. The molecule has 0 fully saturated rings. The molecule has 0 aromatic carbocycles. The zero-order chi connectivity index (χ0) is 11.7. The smallest absolute Gasteiger partial charge is 0.303 e. The van der Waals surface area contributed by atoms with Crippen LogP contribution < -0.4 is 0 Å². The van der Waals surface area contributed by atoms with E-state index in [1.54, 1.807) is 0 Å². The van der Waals surface area contributed by atoms with E-state index in [9.17, 15) is 4.79 Å². The number of hydrogen-bond acceptors (Lipinski definition) is 2. The van der Waals surface area contributed by atoms with Gasteiger partial charge >= 0.3 is 5.97 Å². The summed E-state index contributed by atoms with van der Waals surface area (Å²) in [6, 6.07) is 5.89. The summed E-state index contributed by atoms with van der Waals surface area (Å²) in [6.07, 6.45) is 0.663. The average molecular weight is 218 g/mol. The Bertz CT molecular complexity index is 543. The summed E-state index contributed by atoms with van der Waals surface area (Å²) in [5.41, 5.74) is 3.88. The highest BCUT2D eigenvalue weighted by atomic mass is 16.4. The molecule has 0 amide bonds. The van der Waals surface area contributed by atoms with Crippen LogP contribution in [-0.2, 0) is 11.2 Å². The number of hydrogen-bond donors (Lipinski definition) is 1. The third-order valence-electron chi connectivity index (χ3n) is 2.71. The van der Waals surface area contributed by atoms with E-state index in [2.05, 4.69) is 4.98 Å². The van der Waals surface area contributed by atoms with Crippen molar-refractivity contribution < 1.29 is 9.90 Å². The fourth-order valence-corrected chi connectivity index (χ4v) is 1.96. The van der Waals surface area contributed by atoms with Crippen molar-refractivity contribution in [3.05, 3.63) is 35.3 Å². The van der Waals surface area contributed by atoms with E-state index in [-0.39, 0.29) is 6.42 Å². The largest absolute Gasteiger partial charge is 0.481 e. The van der Waals surface area contributed by atoms with Crippen LogP contribution in [0.5, 0.6) is 0 Å². The number of fused-ring (bicyclic) bond motifs is 1. The van der Waals surface area contributed by atoms with Crippen molar-refractivity contribution in [2.45, 2.75) is 26.7 Å². The van der Waals surface area contributed by atoms with Gasteiger partial charge in [0.05, 0.1) is 12.1 Å². The molecule has 84 valence electrons. The van der Waals surface area contributed by atoms with Crippen LogP contribution in [0, 0.1) is 13.8 Å². The molecule has 2 aromatic heterocycles. The summed E-state index contributed by atoms with van der Waals surface area (Å²) in [5, 5.41) is 8.71. The van der Waals surface area contributed by atoms with E-state index >= 15 is 0 Å². The van der Waals surface area contributed by atoms with Crippen LogP contribution in [-0.4, -0.2) is 20.5 Å². The summed E-state index contributed by atoms with van der Waals surface area (Å²) in [6.45, 7) is 3.92. The maximum Gasteiger partial charge on any atom is 0.303 e. The van der Waals surface area contributed by atoms with Crippen LogP contribution in [0.15, 0.2) is 18.2 Å². The quantitative estimate of drug-likeness (QED) is 0.856. The molecule has 2 aromatic rings. The molecule has 1 N–H and O–H groups in total. The van der Waals surface area contributed by atoms with Gasteiger partial charge < -0.3 is 9.51 Å². The highest BCUT2D eigenvalue weighted by Gasteiger charge is 2.11. The molecule has 2 rings (SSSR count). The second-order valence-corrected chi connectivity index (χ2v) is 3.90. The Balaban J connectivity index is 2.50. The topological polar surface area (TPSA) is 54.6 Å². The standard InChI is InChI=1S/C12H14N2O2/c1-8-4-3-5-11-13-9(2)10(14(8)11)6-7-12(15)16/h3-5H,6-7H2,1-2H3,(H,15,16). The first-order chi connectivity index (χ1) is 7.59. The van der Waals surface area contributed by atoms with Gasteiger partial charge in [-0.3, -0.25) is 4.79 Å². The first-order valence-corrected chi connectivity index (χ1v) is 5.25. The Morgan fingerprint density at radius 2 is 2.19 bits per heavy atom. The van der Waals surface area contributed by atoms with Gasteiger partial charge in [-0.25, -0.2) is 4.98 Å². The number of carboxylic acids is 1. The summed E-state index contributed by atoms with van der Waals surface area (Å²) in [4.78, 5) is 15.0. The van der Waals surface area contributed by atoms with Crippen molar-refractivity contribution in [1.29, 1.82) is 0 Å². The van der Waals surface area contributed by atoms with Crippen LogP contribution in [0.2, 0.25) is 0 Å². The number of aromatic nitrogens is 2. The predicted molar refractivity (Wildman–Crippen MR) is 60.6 cm³/mol. The third-order valence-corrected chi connectivity index (χ3v) is 2.71. The van der Waals surface area contributed by atoms with Gasteiger partial charge in [-0.15, -0.1) is 0 Å². The van der Waals surface area contributed by atoms with Gasteiger partial charge in [-0.1, -0.05) is 6.07 Å². The number of imidazole rings is 1. The van der Waals surface area contributed by atoms with Crippen molar-refractivity contribution >= 4 is 11.6 Å². The Hall–Kier alpha value is -1.84. The molecule has 0 saturated heterocycles. The first kappa shape index (κ1) is 10.7. The number of aliphatic carboxylic acids is 1. The highest BCUT2D eigenvalue weighted by Crippen LogP contribution is 2.16. The second-order valence-electron chi connectivity index (χ2n) is 3.90. The molecule has 0 atom stereocenters. The molecule has 0 aliphatic heterocycles. The fraction of sp³-hybridized carbons (Fsp3) is 0.333. The SMILES string of the molecule is Cc1nc2cccc(C)n2c1CCC(=O)O. The minimum atomic E-state index is -0.775. The van der Waals surface area contributed by atoms with Crippen molar-refractivity contribution in [3.63, 3.8) is 0 Å². The molecule has 4 nitrogen and oxygen atoms in total. The van der Waals surface area contributed by atoms with Gasteiger partial charge in [0.15, 0.2) is 0 Å². The molecular formula is C12H14N2O2. The molecule has 0 unspecified atom stereocenters.